The zero-order valence-corrected chi connectivity index (χ0v) is 8.45. The van der Waals surface area contributed by atoms with Gasteiger partial charge >= 0.3 is 0 Å². The van der Waals surface area contributed by atoms with Gasteiger partial charge in [0.05, 0.1) is 0 Å². The number of carbonyl (C=O) groups excluding carboxylic acids is 2. The fourth-order valence-corrected chi connectivity index (χ4v) is 1.57. The molecule has 0 aromatic carbocycles. The Hall–Kier alpha value is -2.11. The second-order valence-electron chi connectivity index (χ2n) is 3.59. The van der Waals surface area contributed by atoms with Gasteiger partial charge in [-0.2, -0.15) is 0 Å². The van der Waals surface area contributed by atoms with Crippen molar-refractivity contribution in [3.8, 4) is 0 Å². The van der Waals surface area contributed by atoms with Gasteiger partial charge in [-0.25, -0.2) is 0 Å². The van der Waals surface area contributed by atoms with Crippen molar-refractivity contribution in [2.24, 2.45) is 0 Å². The van der Waals surface area contributed by atoms with Crippen LogP contribution in [0, 0.1) is 0 Å². The van der Waals surface area contributed by atoms with E-state index in [9.17, 15) is 14.4 Å². The quantitative estimate of drug-likeness (QED) is 0.592. The molecule has 1 unspecified atom stereocenters. The van der Waals surface area contributed by atoms with Gasteiger partial charge < -0.3 is 10.3 Å². The van der Waals surface area contributed by atoms with Crippen molar-refractivity contribution in [2.45, 2.75) is 18.9 Å². The number of carbonyl (C=O) groups is 2. The van der Waals surface area contributed by atoms with Crippen molar-refractivity contribution < 1.29 is 9.59 Å². The number of H-pyrrole nitrogens is 1. The Morgan fingerprint density at radius 2 is 2.12 bits per heavy atom. The molecular weight excluding hydrogens is 210 g/mol. The number of hydrogen-bond donors (Lipinski definition) is 3. The van der Waals surface area contributed by atoms with Crippen molar-refractivity contribution in [1.29, 1.82) is 0 Å². The number of imide groups is 1. The summed E-state index contributed by atoms with van der Waals surface area (Å²) < 4.78 is 0. The first-order valence-corrected chi connectivity index (χ1v) is 4.94. The molecule has 1 atom stereocenters. The molecule has 2 heterocycles. The molecule has 0 spiro atoms. The van der Waals surface area contributed by atoms with E-state index >= 15 is 0 Å². The minimum atomic E-state index is -0.459. The van der Waals surface area contributed by atoms with Gasteiger partial charge in [-0.05, 0) is 12.5 Å². The summed E-state index contributed by atoms with van der Waals surface area (Å²) in [6.45, 7) is 0. The van der Waals surface area contributed by atoms with E-state index in [1.165, 1.54) is 12.3 Å². The third-order valence-corrected chi connectivity index (χ3v) is 2.36. The van der Waals surface area contributed by atoms with Crippen molar-refractivity contribution in [2.75, 3.05) is 5.32 Å². The highest BCUT2D eigenvalue weighted by Gasteiger charge is 2.26. The topological polar surface area (TPSA) is 91.1 Å². The van der Waals surface area contributed by atoms with E-state index in [1.54, 1.807) is 6.07 Å². The minimum Gasteiger partial charge on any atom is -0.373 e. The monoisotopic (exact) mass is 221 g/mol. The Kier molecular flexibility index (Phi) is 2.72. The third-order valence-electron chi connectivity index (χ3n) is 2.36. The second kappa shape index (κ2) is 4.18. The number of anilines is 1. The van der Waals surface area contributed by atoms with Crippen LogP contribution in [0.1, 0.15) is 12.8 Å². The molecule has 2 rings (SSSR count). The molecule has 3 N–H and O–H groups in total. The maximum atomic E-state index is 11.4. The molecule has 1 aromatic rings. The second-order valence-corrected chi connectivity index (χ2v) is 3.59. The van der Waals surface area contributed by atoms with Crippen LogP contribution in [0.4, 0.5) is 5.69 Å². The molecule has 0 bridgehead atoms. The lowest BCUT2D eigenvalue weighted by molar-refractivity contribution is -0.133. The highest BCUT2D eigenvalue weighted by atomic mass is 16.2. The molecule has 6 heteroatoms. The van der Waals surface area contributed by atoms with Crippen LogP contribution in [0.2, 0.25) is 0 Å². The number of hydrogen-bond acceptors (Lipinski definition) is 4. The Labute approximate surface area is 91.1 Å². The Morgan fingerprint density at radius 1 is 1.31 bits per heavy atom. The number of pyridine rings is 1. The Balaban J connectivity index is 2.07. The summed E-state index contributed by atoms with van der Waals surface area (Å²) in [7, 11) is 0. The molecular formula is C10H11N3O3. The number of nitrogens with one attached hydrogen (secondary N) is 3. The van der Waals surface area contributed by atoms with Crippen LogP contribution < -0.4 is 16.2 Å². The zero-order chi connectivity index (χ0) is 11.5. The summed E-state index contributed by atoms with van der Waals surface area (Å²) in [6.07, 6.45) is 2.25. The first-order chi connectivity index (χ1) is 7.65. The molecule has 6 nitrogen and oxygen atoms in total. The average Bonchev–Trinajstić information content (AvgIpc) is 2.22. The van der Waals surface area contributed by atoms with Gasteiger partial charge in [-0.15, -0.1) is 0 Å². The summed E-state index contributed by atoms with van der Waals surface area (Å²) >= 11 is 0. The molecule has 2 amide bonds. The lowest BCUT2D eigenvalue weighted by atomic mass is 10.1. The van der Waals surface area contributed by atoms with Gasteiger partial charge in [0.15, 0.2) is 0 Å². The number of amides is 2. The molecule has 1 saturated heterocycles. The number of aromatic amines is 1. The predicted octanol–water partition coefficient (Wildman–Crippen LogP) is -0.408. The number of aromatic nitrogens is 1. The van der Waals surface area contributed by atoms with Crippen LogP contribution >= 0.6 is 0 Å². The van der Waals surface area contributed by atoms with E-state index in [-0.39, 0.29) is 17.4 Å². The van der Waals surface area contributed by atoms with E-state index in [1.807, 2.05) is 0 Å². The number of piperidine rings is 1. The van der Waals surface area contributed by atoms with Gasteiger partial charge in [0.1, 0.15) is 6.04 Å². The molecule has 1 aromatic heterocycles. The van der Waals surface area contributed by atoms with Crippen LogP contribution in [0.5, 0.6) is 0 Å². The van der Waals surface area contributed by atoms with Crippen LogP contribution in [-0.4, -0.2) is 22.8 Å². The van der Waals surface area contributed by atoms with Crippen molar-refractivity contribution in [3.63, 3.8) is 0 Å². The molecule has 1 fully saturated rings. The van der Waals surface area contributed by atoms with Gasteiger partial charge in [-0.3, -0.25) is 19.7 Å². The lowest BCUT2D eigenvalue weighted by Gasteiger charge is -2.22. The third kappa shape index (κ3) is 2.28. The smallest absolute Gasteiger partial charge is 0.249 e. The SMILES string of the molecule is O=C1CCC(Nc2cc[nH]c(=O)c2)C(=O)N1. The minimum absolute atomic E-state index is 0.239. The summed E-state index contributed by atoms with van der Waals surface area (Å²) in [5.74, 6) is -0.606. The molecule has 0 saturated carbocycles. The number of rotatable bonds is 2. The maximum Gasteiger partial charge on any atom is 0.249 e. The summed E-state index contributed by atoms with van der Waals surface area (Å²) in [6, 6.07) is 2.56. The Bertz CT molecular complexity index is 480. The molecule has 1 aliphatic heterocycles. The van der Waals surface area contributed by atoms with Gasteiger partial charge in [-0.1, -0.05) is 0 Å². The fraction of sp³-hybridized carbons (Fsp3) is 0.300. The molecule has 84 valence electrons. The van der Waals surface area contributed by atoms with E-state index in [4.69, 9.17) is 0 Å². The van der Waals surface area contributed by atoms with Crippen LogP contribution in [-0.2, 0) is 9.59 Å². The summed E-state index contributed by atoms with van der Waals surface area (Å²) in [5.41, 5.74) is 0.329. The normalized spacial score (nSPS) is 20.4. The van der Waals surface area contributed by atoms with Gasteiger partial charge in [0.25, 0.3) is 0 Å². The van der Waals surface area contributed by atoms with Gasteiger partial charge in [0, 0.05) is 24.4 Å². The van der Waals surface area contributed by atoms with Crippen LogP contribution in [0.15, 0.2) is 23.1 Å². The van der Waals surface area contributed by atoms with Crippen molar-refractivity contribution >= 4 is 17.5 Å². The standard InChI is InChI=1S/C10H11N3O3/c14-8-2-1-7(10(16)13-8)12-6-3-4-11-9(15)5-6/h3-5,7H,1-2H2,(H2,11,12,15)(H,13,14,16). The largest absolute Gasteiger partial charge is 0.373 e. The Morgan fingerprint density at radius 3 is 2.81 bits per heavy atom. The first-order valence-electron chi connectivity index (χ1n) is 4.94. The van der Waals surface area contributed by atoms with E-state index in [0.717, 1.165) is 0 Å². The predicted molar refractivity (Wildman–Crippen MR) is 56.9 cm³/mol. The fourth-order valence-electron chi connectivity index (χ4n) is 1.57. The molecule has 0 radical (unpaired) electrons. The maximum absolute atomic E-state index is 11.4. The summed E-state index contributed by atoms with van der Waals surface area (Å²) in [4.78, 5) is 35.8. The van der Waals surface area contributed by atoms with E-state index in [0.29, 0.717) is 18.5 Å². The molecule has 0 aliphatic carbocycles. The van der Waals surface area contributed by atoms with E-state index in [2.05, 4.69) is 15.6 Å². The molecule has 1 aliphatic rings. The van der Waals surface area contributed by atoms with Gasteiger partial charge in [0.2, 0.25) is 17.4 Å². The average molecular weight is 221 g/mol. The first kappa shape index (κ1) is 10.4. The van der Waals surface area contributed by atoms with Crippen LogP contribution in [0.25, 0.3) is 0 Å². The zero-order valence-electron chi connectivity index (χ0n) is 8.45. The highest BCUT2D eigenvalue weighted by Crippen LogP contribution is 2.11. The summed E-state index contributed by atoms with van der Waals surface area (Å²) in [5, 5.41) is 5.15. The van der Waals surface area contributed by atoms with Crippen molar-refractivity contribution in [3.05, 3.63) is 28.7 Å². The van der Waals surface area contributed by atoms with Crippen LogP contribution in [0.3, 0.4) is 0 Å². The lowest BCUT2D eigenvalue weighted by Crippen LogP contribution is -2.47. The highest BCUT2D eigenvalue weighted by molar-refractivity contribution is 6.01. The molecule has 16 heavy (non-hydrogen) atoms. The van der Waals surface area contributed by atoms with Crippen molar-refractivity contribution in [1.82, 2.24) is 10.3 Å². The van der Waals surface area contributed by atoms with E-state index < -0.39 is 6.04 Å².